The van der Waals surface area contributed by atoms with Gasteiger partial charge in [-0.15, -0.1) is 11.3 Å². The summed E-state index contributed by atoms with van der Waals surface area (Å²) in [6.45, 7) is 1.87. The number of rotatable bonds is 5. The van der Waals surface area contributed by atoms with Gasteiger partial charge in [-0.3, -0.25) is 9.20 Å². The molecular weight excluding hydrogens is 357 g/mol. The molecule has 0 fully saturated rings. The molecule has 0 aromatic carbocycles. The second kappa shape index (κ2) is 6.68. The number of nitrogens with zero attached hydrogens (tertiary/aromatic N) is 4. The van der Waals surface area contributed by atoms with Crippen LogP contribution in [0.15, 0.2) is 40.4 Å². The van der Waals surface area contributed by atoms with Gasteiger partial charge in [-0.05, 0) is 36.1 Å². The number of nitrogens with one attached hydrogen (secondary N) is 1. The zero-order chi connectivity index (χ0) is 18.1. The Morgan fingerprint density at radius 3 is 3.08 bits per heavy atom. The van der Waals surface area contributed by atoms with E-state index in [-0.39, 0.29) is 18.1 Å². The van der Waals surface area contributed by atoms with Crippen molar-refractivity contribution in [1.82, 2.24) is 24.8 Å². The lowest BCUT2D eigenvalue weighted by atomic mass is 10.3. The van der Waals surface area contributed by atoms with Gasteiger partial charge in [-0.25, -0.2) is 4.98 Å². The quantitative estimate of drug-likeness (QED) is 0.583. The van der Waals surface area contributed by atoms with Gasteiger partial charge in [0.05, 0.1) is 6.54 Å². The average molecular weight is 371 g/mol. The summed E-state index contributed by atoms with van der Waals surface area (Å²) in [4.78, 5) is 21.6. The van der Waals surface area contributed by atoms with Crippen LogP contribution in [0.1, 0.15) is 32.6 Å². The zero-order valence-corrected chi connectivity index (χ0v) is 14.6. The fourth-order valence-corrected chi connectivity index (χ4v) is 3.21. The lowest BCUT2D eigenvalue weighted by molar-refractivity contribution is 0.0937. The molecule has 26 heavy (non-hydrogen) atoms. The fourth-order valence-electron chi connectivity index (χ4n) is 2.50. The van der Waals surface area contributed by atoms with Gasteiger partial charge in [0.1, 0.15) is 5.65 Å². The van der Waals surface area contributed by atoms with E-state index in [4.69, 9.17) is 4.52 Å². The monoisotopic (exact) mass is 371 g/mol. The molecule has 4 aromatic rings. The predicted molar refractivity (Wildman–Crippen MR) is 92.5 cm³/mol. The van der Waals surface area contributed by atoms with Gasteiger partial charge in [-0.2, -0.15) is 9.37 Å². The second-order valence-electron chi connectivity index (χ2n) is 5.73. The van der Waals surface area contributed by atoms with E-state index in [1.54, 1.807) is 29.7 Å². The molecule has 0 atom stereocenters. The molecule has 0 spiro atoms. The molecule has 0 aliphatic carbocycles. The summed E-state index contributed by atoms with van der Waals surface area (Å²) in [5.74, 6) is -0.556. The number of fused-ring (bicyclic) bond motifs is 1. The number of carbonyl (C=O) groups is 1. The van der Waals surface area contributed by atoms with E-state index in [0.29, 0.717) is 17.9 Å². The second-order valence-corrected chi connectivity index (χ2v) is 6.76. The highest BCUT2D eigenvalue weighted by molar-refractivity contribution is 7.09. The van der Waals surface area contributed by atoms with Crippen LogP contribution in [0.3, 0.4) is 0 Å². The maximum Gasteiger partial charge on any atom is 0.275 e. The molecule has 0 saturated heterocycles. The van der Waals surface area contributed by atoms with Crippen LogP contribution in [-0.2, 0) is 13.0 Å². The molecular formula is C17H14FN5O2S. The van der Waals surface area contributed by atoms with Gasteiger partial charge in [-0.1, -0.05) is 11.2 Å². The molecule has 132 valence electrons. The van der Waals surface area contributed by atoms with Crippen molar-refractivity contribution in [1.29, 1.82) is 0 Å². The Morgan fingerprint density at radius 1 is 1.38 bits per heavy atom. The first-order chi connectivity index (χ1) is 12.6. The SMILES string of the molecule is Cc1ccn2c(F)c(C(=O)NCc3nc(Cc4cccs4)no3)nc2c1. The molecule has 4 aromatic heterocycles. The minimum atomic E-state index is -0.707. The van der Waals surface area contributed by atoms with Crippen LogP contribution in [-0.4, -0.2) is 25.4 Å². The number of aromatic nitrogens is 4. The third-order valence-electron chi connectivity index (χ3n) is 3.76. The first-order valence-corrected chi connectivity index (χ1v) is 8.74. The Hall–Kier alpha value is -3.07. The molecule has 1 N–H and O–H groups in total. The highest BCUT2D eigenvalue weighted by atomic mass is 32.1. The van der Waals surface area contributed by atoms with E-state index in [1.165, 1.54) is 4.40 Å². The van der Waals surface area contributed by atoms with E-state index in [9.17, 15) is 9.18 Å². The minimum Gasteiger partial charge on any atom is -0.341 e. The lowest BCUT2D eigenvalue weighted by Gasteiger charge is -1.98. The number of thiophene rings is 1. The topological polar surface area (TPSA) is 85.3 Å². The maximum absolute atomic E-state index is 14.3. The lowest BCUT2D eigenvalue weighted by Crippen LogP contribution is -2.24. The summed E-state index contributed by atoms with van der Waals surface area (Å²) in [5.41, 5.74) is 1.04. The van der Waals surface area contributed by atoms with Crippen LogP contribution in [0.2, 0.25) is 0 Å². The normalized spacial score (nSPS) is 11.2. The van der Waals surface area contributed by atoms with Crippen molar-refractivity contribution in [2.75, 3.05) is 0 Å². The predicted octanol–water partition coefficient (Wildman–Crippen LogP) is 2.75. The van der Waals surface area contributed by atoms with Crippen LogP contribution in [0, 0.1) is 12.9 Å². The number of hydrogen-bond acceptors (Lipinski definition) is 6. The van der Waals surface area contributed by atoms with Crippen molar-refractivity contribution in [3.05, 3.63) is 69.6 Å². The van der Waals surface area contributed by atoms with Gasteiger partial charge < -0.3 is 9.84 Å². The molecule has 0 aliphatic heterocycles. The Kier molecular flexibility index (Phi) is 4.21. The Balaban J connectivity index is 1.44. The number of amides is 1. The molecule has 0 bridgehead atoms. The smallest absolute Gasteiger partial charge is 0.275 e. The van der Waals surface area contributed by atoms with Crippen molar-refractivity contribution >= 4 is 22.9 Å². The average Bonchev–Trinajstić information content (AvgIpc) is 3.35. The van der Waals surface area contributed by atoms with Gasteiger partial charge in [0.25, 0.3) is 5.91 Å². The third kappa shape index (κ3) is 3.21. The van der Waals surface area contributed by atoms with Crippen molar-refractivity contribution in [3.63, 3.8) is 0 Å². The van der Waals surface area contributed by atoms with E-state index in [2.05, 4.69) is 20.4 Å². The van der Waals surface area contributed by atoms with Gasteiger partial charge >= 0.3 is 0 Å². The molecule has 0 unspecified atom stereocenters. The number of pyridine rings is 1. The van der Waals surface area contributed by atoms with Crippen molar-refractivity contribution in [2.45, 2.75) is 19.9 Å². The van der Waals surface area contributed by atoms with Gasteiger partial charge in [0.15, 0.2) is 11.5 Å². The van der Waals surface area contributed by atoms with Crippen LogP contribution in [0.5, 0.6) is 0 Å². The molecule has 4 heterocycles. The number of carbonyl (C=O) groups excluding carboxylic acids is 1. The number of halogens is 1. The van der Waals surface area contributed by atoms with E-state index < -0.39 is 11.9 Å². The standard InChI is InChI=1S/C17H14FN5O2S/c1-10-4-5-23-13(7-10)21-15(16(23)18)17(24)19-9-14-20-12(22-25-14)8-11-3-2-6-26-11/h2-7H,8-9H2,1H3,(H,19,24). The van der Waals surface area contributed by atoms with Crippen LogP contribution in [0.25, 0.3) is 5.65 Å². The summed E-state index contributed by atoms with van der Waals surface area (Å²) in [6.07, 6.45) is 2.11. The molecule has 0 radical (unpaired) electrons. The van der Waals surface area contributed by atoms with E-state index in [0.717, 1.165) is 10.4 Å². The first-order valence-electron chi connectivity index (χ1n) is 7.86. The van der Waals surface area contributed by atoms with Gasteiger partial charge in [0, 0.05) is 17.5 Å². The summed E-state index contributed by atoms with van der Waals surface area (Å²) < 4.78 is 20.7. The number of aryl methyl sites for hydroxylation is 1. The van der Waals surface area contributed by atoms with E-state index >= 15 is 0 Å². The molecule has 4 rings (SSSR count). The molecule has 9 heteroatoms. The van der Waals surface area contributed by atoms with Gasteiger partial charge in [0.2, 0.25) is 11.8 Å². The molecule has 7 nitrogen and oxygen atoms in total. The van der Waals surface area contributed by atoms with Crippen LogP contribution >= 0.6 is 11.3 Å². The Morgan fingerprint density at radius 2 is 2.27 bits per heavy atom. The molecule has 0 aliphatic rings. The largest absolute Gasteiger partial charge is 0.341 e. The molecule has 0 saturated carbocycles. The zero-order valence-electron chi connectivity index (χ0n) is 13.8. The minimum absolute atomic E-state index is 0.00259. The highest BCUT2D eigenvalue weighted by Crippen LogP contribution is 2.14. The van der Waals surface area contributed by atoms with Crippen LogP contribution < -0.4 is 5.32 Å². The number of imidazole rings is 1. The summed E-state index contributed by atoms with van der Waals surface area (Å²) >= 11 is 1.60. The van der Waals surface area contributed by atoms with E-state index in [1.807, 2.05) is 24.4 Å². The summed E-state index contributed by atoms with van der Waals surface area (Å²) in [5, 5.41) is 8.41. The Labute approximate surface area is 151 Å². The third-order valence-corrected chi connectivity index (χ3v) is 4.64. The maximum atomic E-state index is 14.3. The number of hydrogen-bond donors (Lipinski definition) is 1. The highest BCUT2D eigenvalue weighted by Gasteiger charge is 2.19. The van der Waals surface area contributed by atoms with Crippen molar-refractivity contribution < 1.29 is 13.7 Å². The first kappa shape index (κ1) is 16.4. The molecule has 1 amide bonds. The fraction of sp³-hybridized carbons (Fsp3) is 0.176. The van der Waals surface area contributed by atoms with Crippen molar-refractivity contribution in [2.24, 2.45) is 0 Å². The van der Waals surface area contributed by atoms with Crippen LogP contribution in [0.4, 0.5) is 4.39 Å². The summed E-state index contributed by atoms with van der Waals surface area (Å²) in [7, 11) is 0. The summed E-state index contributed by atoms with van der Waals surface area (Å²) in [6, 6.07) is 7.38. The Bertz CT molecular complexity index is 1070. The van der Waals surface area contributed by atoms with Crippen molar-refractivity contribution in [3.8, 4) is 0 Å².